The predicted octanol–water partition coefficient (Wildman–Crippen LogP) is 1.01. The Labute approximate surface area is 89.3 Å². The van der Waals surface area contributed by atoms with E-state index in [2.05, 4.69) is 13.8 Å². The molecular formula is C11H16N2O2. The van der Waals surface area contributed by atoms with Crippen molar-refractivity contribution in [2.75, 3.05) is 0 Å². The topological polar surface area (TPSA) is 70.0 Å². The first-order valence-corrected chi connectivity index (χ1v) is 5.03. The number of pyridine rings is 1. The number of carbonyl (C=O) groups excluding carboxylic acids is 1. The lowest BCUT2D eigenvalue weighted by Crippen LogP contribution is -2.35. The summed E-state index contributed by atoms with van der Waals surface area (Å²) in [6.45, 7) is 4.14. The van der Waals surface area contributed by atoms with E-state index in [0.29, 0.717) is 23.6 Å². The highest BCUT2D eigenvalue weighted by Gasteiger charge is 2.16. The van der Waals surface area contributed by atoms with E-state index in [1.165, 1.54) is 12.3 Å². The average Bonchev–Trinajstić information content (AvgIpc) is 2.15. The second-order valence-electron chi connectivity index (χ2n) is 3.99. The number of aromatic nitrogens is 1. The lowest BCUT2D eigenvalue weighted by Gasteiger charge is -2.08. The molecule has 0 saturated carbocycles. The third-order valence-corrected chi connectivity index (χ3v) is 2.29. The average molecular weight is 208 g/mol. The summed E-state index contributed by atoms with van der Waals surface area (Å²) < 4.78 is 0.725. The van der Waals surface area contributed by atoms with Gasteiger partial charge in [-0.2, -0.15) is 4.73 Å². The molecule has 4 heteroatoms. The molecule has 1 amide bonds. The molecule has 0 fully saturated rings. The molecule has 0 aliphatic heterocycles. The molecule has 15 heavy (non-hydrogen) atoms. The Balaban J connectivity index is 2.97. The van der Waals surface area contributed by atoms with Gasteiger partial charge in [-0.15, -0.1) is 0 Å². The summed E-state index contributed by atoms with van der Waals surface area (Å²) >= 11 is 0. The first-order valence-electron chi connectivity index (χ1n) is 5.03. The SMILES string of the molecule is CC(C)CCc1c(C(N)=O)ccc[n+]1[O-]. The molecule has 0 unspecified atom stereocenters. The number of amides is 1. The van der Waals surface area contributed by atoms with Gasteiger partial charge < -0.3 is 10.9 Å². The first kappa shape index (κ1) is 11.5. The Kier molecular flexibility index (Phi) is 3.66. The summed E-state index contributed by atoms with van der Waals surface area (Å²) in [7, 11) is 0. The number of hydrogen-bond acceptors (Lipinski definition) is 2. The van der Waals surface area contributed by atoms with Crippen molar-refractivity contribution >= 4 is 5.91 Å². The molecule has 4 nitrogen and oxygen atoms in total. The van der Waals surface area contributed by atoms with Gasteiger partial charge in [0.15, 0.2) is 6.20 Å². The molecule has 1 aromatic heterocycles. The number of nitrogens with two attached hydrogens (primary N) is 1. The Morgan fingerprint density at radius 3 is 2.80 bits per heavy atom. The molecule has 1 aromatic rings. The normalized spacial score (nSPS) is 10.6. The summed E-state index contributed by atoms with van der Waals surface area (Å²) in [5.41, 5.74) is 6.00. The lowest BCUT2D eigenvalue weighted by molar-refractivity contribution is -0.614. The molecule has 0 saturated heterocycles. The lowest BCUT2D eigenvalue weighted by atomic mass is 10.0. The maximum atomic E-state index is 11.5. The van der Waals surface area contributed by atoms with Crippen molar-refractivity contribution in [3.8, 4) is 0 Å². The Morgan fingerprint density at radius 2 is 2.27 bits per heavy atom. The molecule has 0 radical (unpaired) electrons. The molecule has 0 aliphatic carbocycles. The van der Waals surface area contributed by atoms with Crippen LogP contribution in [0.2, 0.25) is 0 Å². The monoisotopic (exact) mass is 208 g/mol. The summed E-state index contributed by atoms with van der Waals surface area (Å²) in [4.78, 5) is 11.1. The van der Waals surface area contributed by atoms with Gasteiger partial charge in [0, 0.05) is 12.5 Å². The van der Waals surface area contributed by atoms with Crippen LogP contribution in [-0.2, 0) is 6.42 Å². The van der Waals surface area contributed by atoms with Crippen molar-refractivity contribution in [3.05, 3.63) is 34.8 Å². The Bertz CT molecular complexity index is 362. The van der Waals surface area contributed by atoms with E-state index in [4.69, 9.17) is 5.73 Å². The van der Waals surface area contributed by atoms with Crippen molar-refractivity contribution in [1.82, 2.24) is 0 Å². The van der Waals surface area contributed by atoms with E-state index >= 15 is 0 Å². The van der Waals surface area contributed by atoms with Crippen LogP contribution in [0.4, 0.5) is 0 Å². The van der Waals surface area contributed by atoms with Crippen molar-refractivity contribution in [2.45, 2.75) is 26.7 Å². The van der Waals surface area contributed by atoms with Crippen LogP contribution >= 0.6 is 0 Å². The van der Waals surface area contributed by atoms with Crippen LogP contribution in [0.1, 0.15) is 36.3 Å². The zero-order chi connectivity index (χ0) is 11.4. The van der Waals surface area contributed by atoms with Gasteiger partial charge in [0.1, 0.15) is 5.56 Å². The number of hydrogen-bond donors (Lipinski definition) is 1. The molecule has 0 atom stereocenters. The fraction of sp³-hybridized carbons (Fsp3) is 0.455. The third kappa shape index (κ3) is 2.94. The van der Waals surface area contributed by atoms with Gasteiger partial charge in [0.2, 0.25) is 5.69 Å². The van der Waals surface area contributed by atoms with Crippen LogP contribution in [0, 0.1) is 11.1 Å². The summed E-state index contributed by atoms with van der Waals surface area (Å²) in [6, 6.07) is 3.12. The fourth-order valence-corrected chi connectivity index (χ4v) is 1.42. The maximum absolute atomic E-state index is 11.5. The van der Waals surface area contributed by atoms with E-state index in [9.17, 15) is 10.0 Å². The molecule has 1 heterocycles. The van der Waals surface area contributed by atoms with E-state index in [-0.39, 0.29) is 0 Å². The number of carbonyl (C=O) groups is 1. The zero-order valence-electron chi connectivity index (χ0n) is 9.06. The van der Waals surface area contributed by atoms with Crippen LogP contribution in [0.5, 0.6) is 0 Å². The highest BCUT2D eigenvalue weighted by Crippen LogP contribution is 2.09. The molecular weight excluding hydrogens is 192 g/mol. The summed E-state index contributed by atoms with van der Waals surface area (Å²) in [5.74, 6) is -0.0510. The largest absolute Gasteiger partial charge is 0.618 e. The minimum atomic E-state index is -0.543. The molecule has 82 valence electrons. The van der Waals surface area contributed by atoms with Crippen LogP contribution in [0.15, 0.2) is 18.3 Å². The van der Waals surface area contributed by atoms with Gasteiger partial charge in [-0.05, 0) is 18.4 Å². The number of nitrogens with zero attached hydrogens (tertiary/aromatic N) is 1. The quantitative estimate of drug-likeness (QED) is 0.592. The molecule has 0 spiro atoms. The van der Waals surface area contributed by atoms with E-state index in [1.807, 2.05) is 0 Å². The summed E-state index contributed by atoms with van der Waals surface area (Å²) in [5, 5.41) is 11.5. The van der Waals surface area contributed by atoms with Gasteiger partial charge >= 0.3 is 0 Å². The second-order valence-corrected chi connectivity index (χ2v) is 3.99. The van der Waals surface area contributed by atoms with Gasteiger partial charge in [-0.1, -0.05) is 13.8 Å². The molecule has 0 bridgehead atoms. The van der Waals surface area contributed by atoms with Gasteiger partial charge in [0.25, 0.3) is 5.91 Å². The second kappa shape index (κ2) is 4.77. The van der Waals surface area contributed by atoms with Crippen molar-refractivity contribution in [3.63, 3.8) is 0 Å². The minimum absolute atomic E-state index is 0.327. The maximum Gasteiger partial charge on any atom is 0.255 e. The molecule has 0 aromatic carbocycles. The van der Waals surface area contributed by atoms with Gasteiger partial charge in [0.05, 0.1) is 0 Å². The highest BCUT2D eigenvalue weighted by atomic mass is 16.5. The van der Waals surface area contributed by atoms with E-state index in [0.717, 1.165) is 11.2 Å². The smallest absolute Gasteiger partial charge is 0.255 e. The van der Waals surface area contributed by atoms with Crippen molar-refractivity contribution in [1.29, 1.82) is 0 Å². The van der Waals surface area contributed by atoms with Crippen LogP contribution in [-0.4, -0.2) is 5.91 Å². The van der Waals surface area contributed by atoms with Crippen molar-refractivity contribution < 1.29 is 9.52 Å². The zero-order valence-corrected chi connectivity index (χ0v) is 9.06. The van der Waals surface area contributed by atoms with Crippen LogP contribution in [0.3, 0.4) is 0 Å². The Morgan fingerprint density at radius 1 is 1.60 bits per heavy atom. The van der Waals surface area contributed by atoms with Crippen LogP contribution in [0.25, 0.3) is 0 Å². The first-order chi connectivity index (χ1) is 7.02. The summed E-state index contributed by atoms with van der Waals surface area (Å²) in [6.07, 6.45) is 2.84. The number of primary amides is 1. The third-order valence-electron chi connectivity index (χ3n) is 2.29. The van der Waals surface area contributed by atoms with E-state index < -0.39 is 5.91 Å². The van der Waals surface area contributed by atoms with E-state index in [1.54, 1.807) is 6.07 Å². The standard InChI is InChI=1S/C11H16N2O2/c1-8(2)5-6-10-9(11(12)14)4-3-7-13(10)15/h3-4,7-8H,5-6H2,1-2H3,(H2,12,14). The number of rotatable bonds is 4. The van der Waals surface area contributed by atoms with Gasteiger partial charge in [-0.25, -0.2) is 0 Å². The van der Waals surface area contributed by atoms with Crippen LogP contribution < -0.4 is 10.5 Å². The van der Waals surface area contributed by atoms with Gasteiger partial charge in [-0.3, -0.25) is 4.79 Å². The minimum Gasteiger partial charge on any atom is -0.618 e. The fourth-order valence-electron chi connectivity index (χ4n) is 1.42. The highest BCUT2D eigenvalue weighted by molar-refractivity contribution is 5.93. The molecule has 1 rings (SSSR count). The Hall–Kier alpha value is -1.58. The molecule has 0 aliphatic rings. The predicted molar refractivity (Wildman–Crippen MR) is 57.1 cm³/mol. The molecule has 2 N–H and O–H groups in total. The van der Waals surface area contributed by atoms with Crippen molar-refractivity contribution in [2.24, 2.45) is 11.7 Å².